The molecule has 1 aliphatic heterocycles. The van der Waals surface area contributed by atoms with Crippen LogP contribution >= 0.6 is 0 Å². The quantitative estimate of drug-likeness (QED) is 0.308. The summed E-state index contributed by atoms with van der Waals surface area (Å²) in [5.41, 5.74) is 7.53. The number of carboxylic acid groups (broad SMARTS) is 1. The Labute approximate surface area is 225 Å². The molecule has 0 unspecified atom stereocenters. The SMILES string of the molecule is Cc1ccc(C(=O)O)cc1C1=C2C=CC(=[N+](C)C)C=C2[Si](C)(C)c2cc(N(C)CCCS(=O)(=O)O)ccc21. The van der Waals surface area contributed by atoms with Crippen LogP contribution in [0.1, 0.15) is 33.5 Å². The number of hydrogen-bond acceptors (Lipinski definition) is 4. The second kappa shape index (κ2) is 10.1. The van der Waals surface area contributed by atoms with E-state index in [9.17, 15) is 18.3 Å². The molecule has 0 atom stereocenters. The van der Waals surface area contributed by atoms with Crippen LogP contribution in [0.2, 0.25) is 13.1 Å². The predicted octanol–water partition coefficient (Wildman–Crippen LogP) is 3.89. The van der Waals surface area contributed by atoms with Gasteiger partial charge in [-0.05, 0) is 81.9 Å². The highest BCUT2D eigenvalue weighted by atomic mass is 32.2. The van der Waals surface area contributed by atoms with E-state index in [1.807, 2.05) is 45.1 Å². The van der Waals surface area contributed by atoms with Crippen LogP contribution in [0.5, 0.6) is 0 Å². The van der Waals surface area contributed by atoms with Crippen molar-refractivity contribution in [2.45, 2.75) is 26.4 Å². The first kappa shape index (κ1) is 27.8. The van der Waals surface area contributed by atoms with Crippen molar-refractivity contribution in [1.29, 1.82) is 0 Å². The van der Waals surface area contributed by atoms with Gasteiger partial charge in [0.2, 0.25) is 0 Å². The number of aromatic carboxylic acids is 1. The summed E-state index contributed by atoms with van der Waals surface area (Å²) in [6.45, 7) is 7.17. The van der Waals surface area contributed by atoms with Gasteiger partial charge in [0.25, 0.3) is 10.1 Å². The Kier molecular flexibility index (Phi) is 7.40. The van der Waals surface area contributed by atoms with Gasteiger partial charge in [0.15, 0.2) is 5.71 Å². The van der Waals surface area contributed by atoms with Gasteiger partial charge in [-0.15, -0.1) is 0 Å². The molecule has 0 spiro atoms. The van der Waals surface area contributed by atoms with Crippen molar-refractivity contribution in [3.05, 3.63) is 87.6 Å². The molecule has 2 aliphatic rings. The van der Waals surface area contributed by atoms with Crippen molar-refractivity contribution in [3.63, 3.8) is 0 Å². The third-order valence-corrected chi connectivity index (χ3v) is 11.8. The Morgan fingerprint density at radius 2 is 1.76 bits per heavy atom. The standard InChI is InChI=1S/C29H34N2O5SSi/c1-19-8-9-20(29(32)33)16-25(19)28-23-12-10-21(30(2)3)17-26(23)38(5,6)27-18-22(11-13-24(27)28)31(4)14-7-15-37(34,35)36/h8-13,16-18H,7,14-15H2,1-6H3,(H-,32,33,34,35,36)/p+1. The molecule has 1 aliphatic carbocycles. The van der Waals surface area contributed by atoms with E-state index >= 15 is 0 Å². The van der Waals surface area contributed by atoms with E-state index in [2.05, 4.69) is 48.0 Å². The molecule has 0 radical (unpaired) electrons. The molecule has 4 rings (SSSR count). The maximum absolute atomic E-state index is 11.9. The first-order chi connectivity index (χ1) is 17.7. The van der Waals surface area contributed by atoms with Crippen LogP contribution in [0.3, 0.4) is 0 Å². The third kappa shape index (κ3) is 5.32. The average Bonchev–Trinajstić information content (AvgIpc) is 2.83. The van der Waals surface area contributed by atoms with Crippen molar-refractivity contribution < 1.29 is 27.4 Å². The Hall–Kier alpha value is -3.27. The Morgan fingerprint density at radius 1 is 1.05 bits per heavy atom. The van der Waals surface area contributed by atoms with E-state index in [1.165, 1.54) is 10.4 Å². The van der Waals surface area contributed by atoms with Crippen LogP contribution in [-0.2, 0) is 10.1 Å². The minimum atomic E-state index is -4.00. The van der Waals surface area contributed by atoms with E-state index in [-0.39, 0.29) is 11.3 Å². The van der Waals surface area contributed by atoms with E-state index in [4.69, 9.17) is 4.55 Å². The van der Waals surface area contributed by atoms with Crippen molar-refractivity contribution in [3.8, 4) is 0 Å². The van der Waals surface area contributed by atoms with Gasteiger partial charge in [-0.2, -0.15) is 8.42 Å². The van der Waals surface area contributed by atoms with Crippen molar-refractivity contribution >= 4 is 46.3 Å². The lowest BCUT2D eigenvalue weighted by atomic mass is 9.86. The van der Waals surface area contributed by atoms with E-state index in [1.54, 1.807) is 12.1 Å². The second-order valence-corrected chi connectivity index (χ2v) is 16.6. The fourth-order valence-electron chi connectivity index (χ4n) is 5.27. The highest BCUT2D eigenvalue weighted by Crippen LogP contribution is 2.42. The highest BCUT2D eigenvalue weighted by Gasteiger charge is 2.40. The number of carboxylic acids is 1. The molecule has 0 bridgehead atoms. The lowest BCUT2D eigenvalue weighted by Crippen LogP contribution is -2.50. The van der Waals surface area contributed by atoms with Crippen LogP contribution in [-0.4, -0.2) is 75.8 Å². The molecule has 2 aromatic carbocycles. The molecule has 38 heavy (non-hydrogen) atoms. The van der Waals surface area contributed by atoms with Crippen molar-refractivity contribution in [1.82, 2.24) is 0 Å². The van der Waals surface area contributed by atoms with Gasteiger partial charge in [0, 0.05) is 31.4 Å². The number of fused-ring (bicyclic) bond motifs is 2. The molecule has 0 saturated heterocycles. The van der Waals surface area contributed by atoms with Gasteiger partial charge < -0.3 is 10.0 Å². The maximum Gasteiger partial charge on any atom is 0.335 e. The summed E-state index contributed by atoms with van der Waals surface area (Å²) in [5.74, 6) is -1.23. The minimum Gasteiger partial charge on any atom is -0.478 e. The molecular weight excluding hydrogens is 516 g/mol. The topological polar surface area (TPSA) is 97.9 Å². The molecule has 7 nitrogen and oxygen atoms in total. The van der Waals surface area contributed by atoms with Gasteiger partial charge >= 0.3 is 5.97 Å². The fraction of sp³-hybridized carbons (Fsp3) is 0.310. The van der Waals surface area contributed by atoms with Gasteiger partial charge in [0.1, 0.15) is 22.2 Å². The predicted molar refractivity (Wildman–Crippen MR) is 156 cm³/mol. The van der Waals surface area contributed by atoms with Crippen LogP contribution in [0, 0.1) is 6.92 Å². The molecule has 0 aromatic heterocycles. The van der Waals surface area contributed by atoms with Crippen LogP contribution in [0.25, 0.3) is 5.57 Å². The summed E-state index contributed by atoms with van der Waals surface area (Å²) in [5, 5.41) is 12.3. The lowest BCUT2D eigenvalue weighted by molar-refractivity contribution is -0.462. The molecule has 2 aromatic rings. The van der Waals surface area contributed by atoms with E-state index < -0.39 is 24.2 Å². The zero-order chi connectivity index (χ0) is 28.0. The highest BCUT2D eigenvalue weighted by molar-refractivity contribution is 7.85. The fourth-order valence-corrected chi connectivity index (χ4v) is 8.83. The largest absolute Gasteiger partial charge is 0.478 e. The first-order valence-corrected chi connectivity index (χ1v) is 17.2. The molecule has 1 heterocycles. The van der Waals surface area contributed by atoms with Gasteiger partial charge in [-0.1, -0.05) is 25.2 Å². The van der Waals surface area contributed by atoms with Crippen molar-refractivity contribution in [2.75, 3.05) is 38.3 Å². The molecule has 0 saturated carbocycles. The summed E-state index contributed by atoms with van der Waals surface area (Å²) >= 11 is 0. The summed E-state index contributed by atoms with van der Waals surface area (Å²) in [6.07, 6.45) is 6.87. The number of anilines is 1. The van der Waals surface area contributed by atoms with E-state index in [0.29, 0.717) is 13.0 Å². The average molecular weight is 552 g/mol. The number of allylic oxidation sites excluding steroid dienone is 5. The molecule has 2 N–H and O–H groups in total. The summed E-state index contributed by atoms with van der Waals surface area (Å²) in [6, 6.07) is 11.6. The van der Waals surface area contributed by atoms with Crippen LogP contribution in [0.15, 0.2) is 65.4 Å². The second-order valence-electron chi connectivity index (χ2n) is 10.8. The minimum absolute atomic E-state index is 0.253. The summed E-state index contributed by atoms with van der Waals surface area (Å²) < 4.78 is 33.6. The molecular formula is C29H35N2O5SSi+. The number of aryl methyl sites for hydroxylation is 1. The molecule has 0 amide bonds. The first-order valence-electron chi connectivity index (χ1n) is 12.6. The zero-order valence-corrected chi connectivity index (χ0v) is 24.6. The number of carbonyl (C=O) groups is 1. The van der Waals surface area contributed by atoms with Gasteiger partial charge in [0.05, 0.1) is 11.3 Å². The van der Waals surface area contributed by atoms with E-state index in [0.717, 1.165) is 39.2 Å². The number of hydrogen-bond donors (Lipinski definition) is 2. The van der Waals surface area contributed by atoms with Crippen LogP contribution in [0.4, 0.5) is 5.69 Å². The van der Waals surface area contributed by atoms with Crippen LogP contribution < -0.4 is 10.1 Å². The molecule has 200 valence electrons. The number of rotatable bonds is 7. The summed E-state index contributed by atoms with van der Waals surface area (Å²) in [7, 11) is -0.227. The number of benzene rings is 2. The normalized spacial score (nSPS) is 16.1. The lowest BCUT2D eigenvalue weighted by Gasteiger charge is -2.38. The zero-order valence-electron chi connectivity index (χ0n) is 22.7. The Morgan fingerprint density at radius 3 is 2.39 bits per heavy atom. The molecule has 0 fully saturated rings. The summed E-state index contributed by atoms with van der Waals surface area (Å²) in [4.78, 5) is 13.9. The smallest absolute Gasteiger partial charge is 0.335 e. The number of nitrogens with zero attached hydrogens (tertiary/aromatic N) is 2. The van der Waals surface area contributed by atoms with Gasteiger partial charge in [-0.25, -0.2) is 9.37 Å². The van der Waals surface area contributed by atoms with Crippen molar-refractivity contribution in [2.24, 2.45) is 0 Å². The maximum atomic E-state index is 11.9. The van der Waals surface area contributed by atoms with Gasteiger partial charge in [-0.3, -0.25) is 4.55 Å². The Balaban J connectivity index is 1.93. The third-order valence-electron chi connectivity index (χ3n) is 7.50. The molecule has 9 heteroatoms. The Bertz CT molecular complexity index is 1560. The monoisotopic (exact) mass is 551 g/mol.